The maximum Gasteiger partial charge on any atom is 4.00 e. The molecule has 0 bridgehead atoms. The third-order valence-electron chi connectivity index (χ3n) is 5.84. The van der Waals surface area contributed by atoms with Crippen molar-refractivity contribution >= 4 is 0 Å². The zero-order valence-electron chi connectivity index (χ0n) is 18.9. The van der Waals surface area contributed by atoms with Gasteiger partial charge in [0.05, 0.1) is 0 Å². The van der Waals surface area contributed by atoms with Crippen molar-refractivity contribution in [3.05, 3.63) is 96.8 Å². The molecule has 0 atom stereocenters. The fourth-order valence-corrected chi connectivity index (χ4v) is 4.13. The van der Waals surface area contributed by atoms with Crippen LogP contribution in [-0.2, 0) is 32.6 Å². The van der Waals surface area contributed by atoms with Gasteiger partial charge in [-0.1, -0.05) is 73.9 Å². The molecule has 160 valence electrons. The quantitative estimate of drug-likeness (QED) is 0.278. The van der Waals surface area contributed by atoms with Crippen LogP contribution in [-0.4, -0.2) is 0 Å². The zero-order valence-corrected chi connectivity index (χ0v) is 21.4. The second kappa shape index (κ2) is 16.4. The van der Waals surface area contributed by atoms with E-state index in [1.165, 1.54) is 86.5 Å². The standard InChI is InChI=1S/C13H9.2C6H11.C5H5.Zr/c1-3-7-12-10(5-1)9-11-6-2-4-8-13(11)12;2*1-2-4-6-5-3-1;1-2-4-5-3-1;/h1-5,7-8H,9H2;2*1H,2-6H2;1-3H,4H2;/q4*-1;+4. The summed E-state index contributed by atoms with van der Waals surface area (Å²) in [7, 11) is 0. The fraction of sp³-hybridized carbons (Fsp3) is 0.400. The third-order valence-corrected chi connectivity index (χ3v) is 5.84. The molecular weight excluding hydrogens is 452 g/mol. The van der Waals surface area contributed by atoms with Crippen LogP contribution >= 0.6 is 0 Å². The molecule has 2 aromatic carbocycles. The van der Waals surface area contributed by atoms with Crippen LogP contribution in [0.3, 0.4) is 0 Å². The van der Waals surface area contributed by atoms with Crippen molar-refractivity contribution in [2.45, 2.75) is 77.0 Å². The van der Waals surface area contributed by atoms with Crippen molar-refractivity contribution in [1.29, 1.82) is 0 Å². The maximum atomic E-state index is 3.30. The van der Waals surface area contributed by atoms with Crippen molar-refractivity contribution in [1.82, 2.24) is 0 Å². The molecule has 4 aliphatic carbocycles. The van der Waals surface area contributed by atoms with E-state index >= 15 is 0 Å². The Hall–Kier alpha value is -1.20. The molecule has 31 heavy (non-hydrogen) atoms. The molecule has 0 nitrogen and oxygen atoms in total. The van der Waals surface area contributed by atoms with E-state index in [2.05, 4.69) is 67.5 Å². The summed E-state index contributed by atoms with van der Waals surface area (Å²) in [5.41, 5.74) is 5.51. The second-order valence-corrected chi connectivity index (χ2v) is 8.25. The Kier molecular flexibility index (Phi) is 13.8. The van der Waals surface area contributed by atoms with Gasteiger partial charge in [0.1, 0.15) is 0 Å². The first-order valence-corrected chi connectivity index (χ1v) is 11.9. The molecule has 2 aromatic rings. The Morgan fingerprint density at radius 1 is 0.710 bits per heavy atom. The number of allylic oxidation sites excluding steroid dienone is 4. The van der Waals surface area contributed by atoms with Gasteiger partial charge in [0.2, 0.25) is 0 Å². The molecule has 0 radical (unpaired) electrons. The van der Waals surface area contributed by atoms with Crippen LogP contribution in [0.2, 0.25) is 0 Å². The molecule has 2 fully saturated rings. The Bertz CT molecular complexity index is 690. The molecule has 2 saturated carbocycles. The summed E-state index contributed by atoms with van der Waals surface area (Å²) < 4.78 is 0. The fourth-order valence-electron chi connectivity index (χ4n) is 4.13. The van der Waals surface area contributed by atoms with E-state index in [9.17, 15) is 0 Å². The van der Waals surface area contributed by atoms with Gasteiger partial charge in [0.15, 0.2) is 0 Å². The predicted octanol–water partition coefficient (Wildman–Crippen LogP) is 8.67. The predicted molar refractivity (Wildman–Crippen MR) is 130 cm³/mol. The minimum absolute atomic E-state index is 0. The molecule has 0 saturated heterocycles. The van der Waals surface area contributed by atoms with E-state index in [0.717, 1.165) is 12.8 Å². The average Bonchev–Trinajstić information content (AvgIpc) is 3.54. The average molecular weight is 488 g/mol. The maximum absolute atomic E-state index is 3.30. The normalized spacial score (nSPS) is 17.3. The molecule has 6 rings (SSSR count). The molecule has 0 N–H and O–H groups in total. The Balaban J connectivity index is 0.000000161. The summed E-state index contributed by atoms with van der Waals surface area (Å²) >= 11 is 0. The molecule has 0 heterocycles. The summed E-state index contributed by atoms with van der Waals surface area (Å²) in [6.45, 7) is 0. The largest absolute Gasteiger partial charge is 4.00 e. The topological polar surface area (TPSA) is 0 Å². The number of benzene rings is 2. The summed E-state index contributed by atoms with van der Waals surface area (Å²) in [5.74, 6) is 0. The van der Waals surface area contributed by atoms with Crippen LogP contribution < -0.4 is 0 Å². The van der Waals surface area contributed by atoms with Crippen molar-refractivity contribution in [3.8, 4) is 11.1 Å². The molecular formula is C30H36Zr. The van der Waals surface area contributed by atoms with Crippen molar-refractivity contribution < 1.29 is 26.2 Å². The van der Waals surface area contributed by atoms with E-state index in [-0.39, 0.29) is 26.2 Å². The van der Waals surface area contributed by atoms with Gasteiger partial charge in [0, 0.05) is 0 Å². The van der Waals surface area contributed by atoms with Crippen molar-refractivity contribution in [2.24, 2.45) is 0 Å². The van der Waals surface area contributed by atoms with E-state index < -0.39 is 0 Å². The van der Waals surface area contributed by atoms with Crippen LogP contribution in [0.15, 0.2) is 60.7 Å². The second-order valence-electron chi connectivity index (χ2n) is 8.25. The SMILES string of the molecule is [C-]1=CC=CC1.[CH-]1CCCCC1.[CH-]1CCCCC1.[Zr+4].[c-]1cccc2c1Cc1ccccc1-2. The van der Waals surface area contributed by atoms with E-state index in [1.54, 1.807) is 0 Å². The summed E-state index contributed by atoms with van der Waals surface area (Å²) in [6.07, 6.45) is 30.0. The molecule has 0 aliphatic heterocycles. The van der Waals surface area contributed by atoms with Gasteiger partial charge < -0.3 is 12.8 Å². The first-order valence-electron chi connectivity index (χ1n) is 11.9. The van der Waals surface area contributed by atoms with E-state index in [1.807, 2.05) is 18.2 Å². The van der Waals surface area contributed by atoms with Gasteiger partial charge in [-0.2, -0.15) is 61.6 Å². The van der Waals surface area contributed by atoms with Gasteiger partial charge >= 0.3 is 26.2 Å². The van der Waals surface area contributed by atoms with Gasteiger partial charge in [0.25, 0.3) is 0 Å². The molecule has 0 spiro atoms. The van der Waals surface area contributed by atoms with Gasteiger partial charge in [-0.15, -0.1) is 12.0 Å². The molecule has 0 amide bonds. The van der Waals surface area contributed by atoms with E-state index in [4.69, 9.17) is 0 Å². The Morgan fingerprint density at radius 2 is 1.35 bits per heavy atom. The molecule has 0 aromatic heterocycles. The molecule has 0 unspecified atom stereocenters. The van der Waals surface area contributed by atoms with Gasteiger partial charge in [-0.05, 0) is 6.42 Å². The molecule has 4 aliphatic rings. The van der Waals surface area contributed by atoms with Crippen LogP contribution in [0, 0.1) is 25.0 Å². The minimum atomic E-state index is 0. The van der Waals surface area contributed by atoms with Crippen molar-refractivity contribution in [3.63, 3.8) is 0 Å². The van der Waals surface area contributed by atoms with Crippen LogP contribution in [0.1, 0.15) is 81.8 Å². The number of hydrogen-bond donors (Lipinski definition) is 0. The summed E-state index contributed by atoms with van der Waals surface area (Å²) in [4.78, 5) is 0. The van der Waals surface area contributed by atoms with Gasteiger partial charge in [-0.3, -0.25) is 6.08 Å². The Morgan fingerprint density at radius 3 is 1.84 bits per heavy atom. The summed E-state index contributed by atoms with van der Waals surface area (Å²) in [6, 6.07) is 18.1. The minimum Gasteiger partial charge on any atom is -0.328 e. The van der Waals surface area contributed by atoms with Gasteiger partial charge in [-0.25, -0.2) is 12.2 Å². The van der Waals surface area contributed by atoms with Crippen LogP contribution in [0.4, 0.5) is 0 Å². The van der Waals surface area contributed by atoms with Crippen LogP contribution in [0.25, 0.3) is 11.1 Å². The number of rotatable bonds is 0. The summed E-state index contributed by atoms with van der Waals surface area (Å²) in [5, 5.41) is 0. The molecule has 1 heteroatoms. The third kappa shape index (κ3) is 9.86. The smallest absolute Gasteiger partial charge is 0.328 e. The van der Waals surface area contributed by atoms with Crippen molar-refractivity contribution in [2.75, 3.05) is 0 Å². The monoisotopic (exact) mass is 486 g/mol. The Labute approximate surface area is 210 Å². The zero-order chi connectivity index (χ0) is 20.7. The number of hydrogen-bond acceptors (Lipinski definition) is 0. The van der Waals surface area contributed by atoms with Crippen LogP contribution in [0.5, 0.6) is 0 Å². The first kappa shape index (κ1) is 26.1. The van der Waals surface area contributed by atoms with E-state index in [0.29, 0.717) is 0 Å². The number of fused-ring (bicyclic) bond motifs is 3. The first-order chi connectivity index (χ1) is 14.9.